The van der Waals surface area contributed by atoms with Crippen molar-refractivity contribution in [2.45, 2.75) is 0 Å². The van der Waals surface area contributed by atoms with Crippen molar-refractivity contribution in [3.63, 3.8) is 0 Å². The molecule has 0 aliphatic carbocycles. The lowest BCUT2D eigenvalue weighted by atomic mass is 10.3. The summed E-state index contributed by atoms with van der Waals surface area (Å²) in [5, 5.41) is 3.05. The summed E-state index contributed by atoms with van der Waals surface area (Å²) in [6.07, 6.45) is 4.14. The van der Waals surface area contributed by atoms with Crippen LogP contribution in [0.4, 0.5) is 23.3 Å². The number of nitrogens with zero attached hydrogens (tertiary/aromatic N) is 5. The number of likely N-dealkylation sites (N-methyl/N-ethyl adjacent to an activating group) is 1. The molecule has 26 heavy (non-hydrogen) atoms. The third kappa shape index (κ3) is 4.93. The molecule has 0 bridgehead atoms. The fourth-order valence-electron chi connectivity index (χ4n) is 2.50. The predicted molar refractivity (Wildman–Crippen MR) is 103 cm³/mol. The SMILES string of the molecule is CN1CCN(c2ccc(Nc3ncc(Cl)c(NS(C)(=O)=O)n3)nc2)CC1. The van der Waals surface area contributed by atoms with Gasteiger partial charge in [-0.3, -0.25) is 4.72 Å². The second-order valence-electron chi connectivity index (χ2n) is 6.08. The predicted octanol–water partition coefficient (Wildman–Crippen LogP) is 1.39. The molecule has 1 aliphatic heterocycles. The molecular weight excluding hydrogens is 378 g/mol. The van der Waals surface area contributed by atoms with E-state index in [1.54, 1.807) is 6.20 Å². The third-order valence-corrected chi connectivity index (χ3v) is 4.72. The second kappa shape index (κ2) is 7.60. The normalized spacial score (nSPS) is 15.7. The van der Waals surface area contributed by atoms with Gasteiger partial charge in [0.25, 0.3) is 0 Å². The quantitative estimate of drug-likeness (QED) is 0.780. The highest BCUT2D eigenvalue weighted by atomic mass is 35.5. The number of piperazine rings is 1. The molecule has 3 rings (SSSR count). The average molecular weight is 398 g/mol. The van der Waals surface area contributed by atoms with Crippen LogP contribution in [0.15, 0.2) is 24.5 Å². The maximum absolute atomic E-state index is 11.4. The first-order valence-corrected chi connectivity index (χ1v) is 10.2. The number of halogens is 1. The molecule has 0 unspecified atom stereocenters. The molecular formula is C15H20ClN7O2S. The van der Waals surface area contributed by atoms with Crippen LogP contribution in [0.3, 0.4) is 0 Å². The van der Waals surface area contributed by atoms with Crippen molar-refractivity contribution in [3.8, 4) is 0 Å². The minimum Gasteiger partial charge on any atom is -0.368 e. The number of pyridine rings is 1. The number of hydrogen-bond donors (Lipinski definition) is 2. The lowest BCUT2D eigenvalue weighted by Gasteiger charge is -2.33. The average Bonchev–Trinajstić information content (AvgIpc) is 2.58. The highest BCUT2D eigenvalue weighted by Crippen LogP contribution is 2.22. The molecule has 0 saturated carbocycles. The Balaban J connectivity index is 1.70. The zero-order valence-electron chi connectivity index (χ0n) is 14.5. The van der Waals surface area contributed by atoms with E-state index in [4.69, 9.17) is 11.6 Å². The van der Waals surface area contributed by atoms with Gasteiger partial charge in [-0.05, 0) is 19.2 Å². The van der Waals surface area contributed by atoms with Crippen LogP contribution in [0.1, 0.15) is 0 Å². The Kier molecular flexibility index (Phi) is 5.44. The Morgan fingerprint density at radius 3 is 2.46 bits per heavy atom. The van der Waals surface area contributed by atoms with Gasteiger partial charge in [-0.15, -0.1) is 0 Å². The van der Waals surface area contributed by atoms with Crippen LogP contribution in [0, 0.1) is 0 Å². The highest BCUT2D eigenvalue weighted by Gasteiger charge is 2.15. The number of hydrogen-bond acceptors (Lipinski definition) is 8. The summed E-state index contributed by atoms with van der Waals surface area (Å²) in [7, 11) is -1.38. The summed E-state index contributed by atoms with van der Waals surface area (Å²) in [6, 6.07) is 3.81. The van der Waals surface area contributed by atoms with Gasteiger partial charge >= 0.3 is 0 Å². The van der Waals surface area contributed by atoms with Gasteiger partial charge < -0.3 is 15.1 Å². The molecule has 0 radical (unpaired) electrons. The second-order valence-corrected chi connectivity index (χ2v) is 8.24. The number of anilines is 4. The van der Waals surface area contributed by atoms with Crippen molar-refractivity contribution in [2.24, 2.45) is 0 Å². The van der Waals surface area contributed by atoms with Crippen molar-refractivity contribution in [1.82, 2.24) is 19.9 Å². The van der Waals surface area contributed by atoms with Crippen molar-refractivity contribution in [1.29, 1.82) is 0 Å². The van der Waals surface area contributed by atoms with Crippen LogP contribution < -0.4 is 14.9 Å². The zero-order valence-corrected chi connectivity index (χ0v) is 16.0. The van der Waals surface area contributed by atoms with Gasteiger partial charge in [0.15, 0.2) is 5.82 Å². The summed E-state index contributed by atoms with van der Waals surface area (Å²) >= 11 is 5.92. The van der Waals surface area contributed by atoms with Gasteiger partial charge in [-0.1, -0.05) is 11.6 Å². The molecule has 1 saturated heterocycles. The number of rotatable bonds is 5. The minimum atomic E-state index is -3.49. The molecule has 2 aromatic rings. The summed E-state index contributed by atoms with van der Waals surface area (Å²) in [4.78, 5) is 17.1. The van der Waals surface area contributed by atoms with E-state index in [-0.39, 0.29) is 16.8 Å². The Bertz CT molecular complexity index is 868. The molecule has 1 aliphatic rings. The molecule has 0 aromatic carbocycles. The molecule has 9 nitrogen and oxygen atoms in total. The Hall–Kier alpha value is -2.17. The van der Waals surface area contributed by atoms with E-state index in [9.17, 15) is 8.42 Å². The Labute approximate surface area is 157 Å². The van der Waals surface area contributed by atoms with E-state index in [2.05, 4.69) is 41.8 Å². The van der Waals surface area contributed by atoms with Crippen LogP contribution in [-0.2, 0) is 10.0 Å². The molecule has 3 heterocycles. The van der Waals surface area contributed by atoms with Crippen molar-refractivity contribution in [2.75, 3.05) is 54.4 Å². The van der Waals surface area contributed by atoms with Crippen LogP contribution in [0.25, 0.3) is 0 Å². The fourth-order valence-corrected chi connectivity index (χ4v) is 3.20. The zero-order chi connectivity index (χ0) is 18.7. The van der Waals surface area contributed by atoms with E-state index in [1.807, 2.05) is 12.1 Å². The van der Waals surface area contributed by atoms with Crippen LogP contribution >= 0.6 is 11.6 Å². The summed E-state index contributed by atoms with van der Waals surface area (Å²) in [6.45, 7) is 3.97. The molecule has 140 valence electrons. The maximum Gasteiger partial charge on any atom is 0.231 e. The first kappa shape index (κ1) is 18.6. The maximum atomic E-state index is 11.4. The minimum absolute atomic E-state index is 0.0146. The van der Waals surface area contributed by atoms with Gasteiger partial charge in [-0.25, -0.2) is 18.4 Å². The number of nitrogens with one attached hydrogen (secondary N) is 2. The fraction of sp³-hybridized carbons (Fsp3) is 0.400. The van der Waals surface area contributed by atoms with Crippen molar-refractivity contribution < 1.29 is 8.42 Å². The summed E-state index contributed by atoms with van der Waals surface area (Å²) in [5.41, 5.74) is 1.06. The van der Waals surface area contributed by atoms with E-state index in [0.717, 1.165) is 38.1 Å². The van der Waals surface area contributed by atoms with E-state index in [0.29, 0.717) is 5.82 Å². The molecule has 2 aromatic heterocycles. The van der Waals surface area contributed by atoms with Crippen LogP contribution in [-0.4, -0.2) is 67.8 Å². The van der Waals surface area contributed by atoms with E-state index in [1.165, 1.54) is 6.20 Å². The smallest absolute Gasteiger partial charge is 0.231 e. The van der Waals surface area contributed by atoms with E-state index < -0.39 is 10.0 Å². The monoisotopic (exact) mass is 397 g/mol. The Morgan fingerprint density at radius 1 is 1.12 bits per heavy atom. The summed E-state index contributed by atoms with van der Waals surface area (Å²) < 4.78 is 25.0. The molecule has 1 fully saturated rings. The number of aromatic nitrogens is 3. The third-order valence-electron chi connectivity index (χ3n) is 3.88. The van der Waals surface area contributed by atoms with Gasteiger partial charge in [0.2, 0.25) is 16.0 Å². The molecule has 0 spiro atoms. The number of sulfonamides is 1. The van der Waals surface area contributed by atoms with Crippen LogP contribution in [0.2, 0.25) is 5.02 Å². The topological polar surface area (TPSA) is 103 Å². The molecule has 0 amide bonds. The standard InChI is InChI=1S/C15H20ClN7O2S/c1-22-5-7-23(8-6-22)11-3-4-13(17-9-11)19-15-18-10-12(16)14(20-15)21-26(2,24)25/h3-4,9-10H,5-8H2,1-2H3,(H2,17,18,19,20,21). The van der Waals surface area contributed by atoms with Crippen molar-refractivity contribution in [3.05, 3.63) is 29.5 Å². The molecule has 0 atom stereocenters. The van der Waals surface area contributed by atoms with Crippen LogP contribution in [0.5, 0.6) is 0 Å². The summed E-state index contributed by atoms with van der Waals surface area (Å²) in [5.74, 6) is 0.761. The van der Waals surface area contributed by atoms with Gasteiger partial charge in [0, 0.05) is 26.2 Å². The Morgan fingerprint density at radius 2 is 1.85 bits per heavy atom. The highest BCUT2D eigenvalue weighted by molar-refractivity contribution is 7.92. The van der Waals surface area contributed by atoms with Crippen molar-refractivity contribution >= 4 is 44.9 Å². The molecule has 2 N–H and O–H groups in total. The largest absolute Gasteiger partial charge is 0.368 e. The van der Waals surface area contributed by atoms with Gasteiger partial charge in [-0.2, -0.15) is 4.98 Å². The molecule has 11 heteroatoms. The first-order chi connectivity index (χ1) is 12.3. The lowest BCUT2D eigenvalue weighted by Crippen LogP contribution is -2.44. The van der Waals surface area contributed by atoms with Gasteiger partial charge in [0.05, 0.1) is 24.3 Å². The van der Waals surface area contributed by atoms with Gasteiger partial charge in [0.1, 0.15) is 10.8 Å². The lowest BCUT2D eigenvalue weighted by molar-refractivity contribution is 0.313. The first-order valence-electron chi connectivity index (χ1n) is 7.97. The van der Waals surface area contributed by atoms with E-state index >= 15 is 0 Å².